The quantitative estimate of drug-likeness (QED) is 0.718. The Balaban J connectivity index is 1.87. The molecule has 0 bridgehead atoms. The van der Waals surface area contributed by atoms with Crippen LogP contribution in [-0.2, 0) is 29.6 Å². The highest BCUT2D eigenvalue weighted by atomic mass is 16.3. The van der Waals surface area contributed by atoms with Crippen molar-refractivity contribution in [1.29, 1.82) is 0 Å². The van der Waals surface area contributed by atoms with E-state index in [2.05, 4.69) is 17.4 Å². The van der Waals surface area contributed by atoms with Crippen LogP contribution in [0.1, 0.15) is 35.1 Å². The van der Waals surface area contributed by atoms with E-state index in [1.165, 1.54) is 18.2 Å². The number of phenolic OH excluding ortho intramolecular Hbond substituents is 1. The molecule has 1 heterocycles. The van der Waals surface area contributed by atoms with E-state index in [1.807, 2.05) is 18.2 Å². The van der Waals surface area contributed by atoms with Crippen molar-refractivity contribution in [3.63, 3.8) is 0 Å². The number of phenols is 1. The Labute approximate surface area is 152 Å². The molecule has 3 amide bonds. The van der Waals surface area contributed by atoms with Gasteiger partial charge in [-0.1, -0.05) is 30.3 Å². The van der Waals surface area contributed by atoms with E-state index in [0.29, 0.717) is 12.8 Å². The highest BCUT2D eigenvalue weighted by Crippen LogP contribution is 2.38. The molecule has 1 unspecified atom stereocenters. The predicted molar refractivity (Wildman–Crippen MR) is 97.9 cm³/mol. The summed E-state index contributed by atoms with van der Waals surface area (Å²) in [6, 6.07) is 13.1. The molecule has 1 atom stereocenters. The molecule has 1 spiro atoms. The normalized spacial score (nSPS) is 22.7. The number of likely N-dealkylation sites (N-methyl/N-ethyl adjacent to an activating group) is 1. The molecule has 5 nitrogen and oxygen atoms in total. The van der Waals surface area contributed by atoms with Crippen LogP contribution in [0.15, 0.2) is 42.5 Å². The van der Waals surface area contributed by atoms with Crippen LogP contribution in [0.5, 0.6) is 5.75 Å². The average molecular weight is 350 g/mol. The van der Waals surface area contributed by atoms with Gasteiger partial charge in [0.1, 0.15) is 11.3 Å². The van der Waals surface area contributed by atoms with E-state index < -0.39 is 11.6 Å². The lowest BCUT2D eigenvalue weighted by Gasteiger charge is -2.31. The fourth-order valence-corrected chi connectivity index (χ4v) is 4.20. The summed E-state index contributed by atoms with van der Waals surface area (Å²) in [4.78, 5) is 26.5. The lowest BCUT2D eigenvalue weighted by Crippen LogP contribution is -2.45. The molecule has 0 saturated carbocycles. The van der Waals surface area contributed by atoms with Crippen molar-refractivity contribution in [3.05, 3.63) is 64.7 Å². The molecule has 2 aliphatic rings. The van der Waals surface area contributed by atoms with Crippen LogP contribution in [0.3, 0.4) is 0 Å². The molecule has 26 heavy (non-hydrogen) atoms. The number of nitrogens with one attached hydrogen (secondary N) is 1. The number of aryl methyl sites for hydroxylation is 3. The third-order valence-electron chi connectivity index (χ3n) is 5.63. The Hall–Kier alpha value is -2.82. The van der Waals surface area contributed by atoms with Crippen LogP contribution in [0.25, 0.3) is 0 Å². The molecule has 2 aromatic rings. The molecule has 0 radical (unpaired) electrons. The summed E-state index contributed by atoms with van der Waals surface area (Å²) in [5, 5.41) is 13.0. The van der Waals surface area contributed by atoms with Crippen molar-refractivity contribution in [2.75, 3.05) is 7.05 Å². The molecule has 0 aromatic heterocycles. The van der Waals surface area contributed by atoms with Gasteiger partial charge in [-0.15, -0.1) is 0 Å². The van der Waals surface area contributed by atoms with Crippen molar-refractivity contribution >= 4 is 11.9 Å². The molecule has 2 N–H and O–H groups in total. The van der Waals surface area contributed by atoms with E-state index in [0.717, 1.165) is 35.3 Å². The molecule has 1 saturated heterocycles. The van der Waals surface area contributed by atoms with Crippen LogP contribution >= 0.6 is 0 Å². The summed E-state index contributed by atoms with van der Waals surface area (Å²) in [5.41, 5.74) is 3.12. The van der Waals surface area contributed by atoms with Crippen molar-refractivity contribution in [2.45, 2.75) is 37.6 Å². The summed E-state index contributed by atoms with van der Waals surface area (Å²) in [6.45, 7) is 0. The average Bonchev–Trinajstić information content (AvgIpc) is 2.86. The Morgan fingerprint density at radius 2 is 1.69 bits per heavy atom. The minimum absolute atomic E-state index is 0.109. The predicted octanol–water partition coefficient (Wildman–Crippen LogP) is 2.89. The van der Waals surface area contributed by atoms with Gasteiger partial charge in [-0.05, 0) is 66.5 Å². The third kappa shape index (κ3) is 2.55. The number of nitrogens with zero attached hydrogens (tertiary/aromatic N) is 1. The van der Waals surface area contributed by atoms with Gasteiger partial charge in [-0.2, -0.15) is 0 Å². The van der Waals surface area contributed by atoms with Crippen LogP contribution in [0, 0.1) is 0 Å². The zero-order chi connectivity index (χ0) is 18.3. The van der Waals surface area contributed by atoms with Crippen LogP contribution < -0.4 is 5.32 Å². The summed E-state index contributed by atoms with van der Waals surface area (Å²) in [5.74, 6) is -0.149. The molecule has 5 heteroatoms. The minimum Gasteiger partial charge on any atom is -0.508 e. The molecule has 134 valence electrons. The maximum Gasteiger partial charge on any atom is 0.325 e. The van der Waals surface area contributed by atoms with Gasteiger partial charge in [0.25, 0.3) is 5.91 Å². The maximum absolute atomic E-state index is 13.1. The summed E-state index contributed by atoms with van der Waals surface area (Å²) >= 11 is 0. The van der Waals surface area contributed by atoms with Gasteiger partial charge in [0.05, 0.1) is 0 Å². The summed E-state index contributed by atoms with van der Waals surface area (Å²) < 4.78 is 0. The first kappa shape index (κ1) is 16.6. The number of amides is 3. The minimum atomic E-state index is -1.12. The van der Waals surface area contributed by atoms with Crippen molar-refractivity contribution in [1.82, 2.24) is 10.2 Å². The Bertz CT molecular complexity index is 893. The number of benzene rings is 2. The second-order valence-corrected chi connectivity index (χ2v) is 7.16. The summed E-state index contributed by atoms with van der Waals surface area (Å²) in [6.07, 6.45) is 3.87. The number of imide groups is 1. The molecule has 4 rings (SSSR count). The highest BCUT2D eigenvalue weighted by Gasteiger charge is 2.51. The van der Waals surface area contributed by atoms with Crippen molar-refractivity contribution < 1.29 is 14.7 Å². The van der Waals surface area contributed by atoms with Crippen molar-refractivity contribution in [2.24, 2.45) is 0 Å². The number of hydrogen-bond acceptors (Lipinski definition) is 3. The lowest BCUT2D eigenvalue weighted by atomic mass is 9.78. The van der Waals surface area contributed by atoms with Crippen LogP contribution in [0.4, 0.5) is 4.79 Å². The third-order valence-corrected chi connectivity index (χ3v) is 5.63. The SMILES string of the molecule is CN1C(=O)NC2(CCc3ccccc3CCCc3ccc(O)cc32)C1=O. The van der Waals surface area contributed by atoms with Gasteiger partial charge in [-0.25, -0.2) is 4.79 Å². The van der Waals surface area contributed by atoms with E-state index in [-0.39, 0.29) is 11.7 Å². The van der Waals surface area contributed by atoms with Crippen molar-refractivity contribution in [3.8, 4) is 5.75 Å². The van der Waals surface area contributed by atoms with Gasteiger partial charge in [0, 0.05) is 7.05 Å². The first-order valence-corrected chi connectivity index (χ1v) is 9.01. The molecule has 2 aromatic carbocycles. The van der Waals surface area contributed by atoms with Crippen LogP contribution in [-0.4, -0.2) is 29.0 Å². The van der Waals surface area contributed by atoms with Gasteiger partial charge >= 0.3 is 6.03 Å². The number of fused-ring (bicyclic) bond motifs is 3. The molecule has 1 aliphatic carbocycles. The zero-order valence-electron chi connectivity index (χ0n) is 14.8. The van der Waals surface area contributed by atoms with E-state index in [9.17, 15) is 14.7 Å². The molecule has 1 fully saturated rings. The van der Waals surface area contributed by atoms with Gasteiger partial charge < -0.3 is 10.4 Å². The second-order valence-electron chi connectivity index (χ2n) is 7.16. The number of urea groups is 1. The number of hydrogen-bond donors (Lipinski definition) is 2. The van der Waals surface area contributed by atoms with E-state index in [1.54, 1.807) is 12.1 Å². The number of rotatable bonds is 0. The van der Waals surface area contributed by atoms with Gasteiger partial charge in [0.15, 0.2) is 0 Å². The Kier molecular flexibility index (Phi) is 3.94. The first-order valence-electron chi connectivity index (χ1n) is 9.01. The lowest BCUT2D eigenvalue weighted by molar-refractivity contribution is -0.131. The first-order chi connectivity index (χ1) is 12.5. The largest absolute Gasteiger partial charge is 0.508 e. The maximum atomic E-state index is 13.1. The monoisotopic (exact) mass is 350 g/mol. The van der Waals surface area contributed by atoms with Gasteiger partial charge in [-0.3, -0.25) is 9.69 Å². The zero-order valence-corrected chi connectivity index (χ0v) is 14.8. The number of aromatic hydroxyl groups is 1. The molecular weight excluding hydrogens is 328 g/mol. The number of carbonyl (C=O) groups is 2. The van der Waals surface area contributed by atoms with Crippen LogP contribution in [0.2, 0.25) is 0 Å². The standard InChI is InChI=1S/C21H22N2O3/c1-23-19(25)21(22-20(23)26)12-11-15-6-3-2-5-14(15)7-4-8-16-9-10-17(24)13-18(16)21/h2-3,5-6,9-10,13,24H,4,7-8,11-12H2,1H3,(H,22,26). The fourth-order valence-electron chi connectivity index (χ4n) is 4.20. The second kappa shape index (κ2) is 6.16. The topological polar surface area (TPSA) is 69.6 Å². The molecule has 1 aliphatic heterocycles. The van der Waals surface area contributed by atoms with E-state index in [4.69, 9.17) is 0 Å². The Morgan fingerprint density at radius 1 is 1.00 bits per heavy atom. The van der Waals surface area contributed by atoms with Gasteiger partial charge in [0.2, 0.25) is 0 Å². The Morgan fingerprint density at radius 3 is 2.38 bits per heavy atom. The smallest absolute Gasteiger partial charge is 0.325 e. The van der Waals surface area contributed by atoms with E-state index >= 15 is 0 Å². The molecular formula is C21H22N2O3. The fraction of sp³-hybridized carbons (Fsp3) is 0.333. The summed E-state index contributed by atoms with van der Waals surface area (Å²) in [7, 11) is 1.50. The number of carbonyl (C=O) groups excluding carboxylic acids is 2. The highest BCUT2D eigenvalue weighted by molar-refractivity contribution is 6.07.